The van der Waals surface area contributed by atoms with Crippen molar-refractivity contribution in [2.75, 3.05) is 38.3 Å². The van der Waals surface area contributed by atoms with E-state index in [1.165, 1.54) is 9.21 Å². The smallest absolute Gasteiger partial charge is 0.243 e. The number of nitrogens with one attached hydrogen (secondary N) is 1. The number of rotatable bonds is 7. The maximum absolute atomic E-state index is 13.0. The van der Waals surface area contributed by atoms with Crippen molar-refractivity contribution < 1.29 is 22.7 Å². The van der Waals surface area contributed by atoms with Gasteiger partial charge in [0, 0.05) is 45.3 Å². The van der Waals surface area contributed by atoms with Crippen LogP contribution in [0.5, 0.6) is 0 Å². The lowest BCUT2D eigenvalue weighted by Gasteiger charge is -2.26. The maximum Gasteiger partial charge on any atom is 0.243 e. The minimum absolute atomic E-state index is 0.165. The van der Waals surface area contributed by atoms with Crippen molar-refractivity contribution in [1.82, 2.24) is 9.62 Å². The fourth-order valence-corrected chi connectivity index (χ4v) is 5.49. The number of sulfonamides is 1. The summed E-state index contributed by atoms with van der Waals surface area (Å²) in [7, 11) is -2.02. The van der Waals surface area contributed by atoms with E-state index in [1.54, 1.807) is 32.2 Å². The number of nitrogens with zero attached hydrogens (tertiary/aromatic N) is 2. The summed E-state index contributed by atoms with van der Waals surface area (Å²) in [4.78, 5) is 26.9. The first-order valence-electron chi connectivity index (χ1n) is 10.1. The molecule has 0 aliphatic carbocycles. The molecule has 2 aliphatic heterocycles. The third-order valence-electron chi connectivity index (χ3n) is 5.47. The van der Waals surface area contributed by atoms with Gasteiger partial charge in [0.1, 0.15) is 6.04 Å². The van der Waals surface area contributed by atoms with Crippen molar-refractivity contribution in [3.8, 4) is 0 Å². The molecule has 0 spiro atoms. The van der Waals surface area contributed by atoms with Gasteiger partial charge in [-0.2, -0.15) is 4.31 Å². The van der Waals surface area contributed by atoms with Gasteiger partial charge >= 0.3 is 0 Å². The highest BCUT2D eigenvalue weighted by molar-refractivity contribution is 7.89. The molecule has 1 saturated heterocycles. The molecular formula is C20H29N3O5S. The molecule has 2 heterocycles. The van der Waals surface area contributed by atoms with Crippen LogP contribution in [0.2, 0.25) is 0 Å². The summed E-state index contributed by atoms with van der Waals surface area (Å²) in [6.45, 7) is 3.54. The van der Waals surface area contributed by atoms with Crippen LogP contribution in [0.15, 0.2) is 23.1 Å². The summed E-state index contributed by atoms with van der Waals surface area (Å²) >= 11 is 0. The number of anilines is 1. The summed E-state index contributed by atoms with van der Waals surface area (Å²) < 4.78 is 32.5. The Morgan fingerprint density at radius 1 is 1.21 bits per heavy atom. The number of ether oxygens (including phenoxy) is 1. The first-order chi connectivity index (χ1) is 13.9. The van der Waals surface area contributed by atoms with Crippen LogP contribution in [-0.2, 0) is 30.8 Å². The molecule has 1 aromatic rings. The van der Waals surface area contributed by atoms with Gasteiger partial charge in [-0.3, -0.25) is 14.5 Å². The number of fused-ring (bicyclic) bond motifs is 1. The zero-order valence-corrected chi connectivity index (χ0v) is 17.8. The Bertz CT molecular complexity index is 865. The molecule has 0 unspecified atom stereocenters. The molecule has 0 bridgehead atoms. The van der Waals surface area contributed by atoms with E-state index in [-0.39, 0.29) is 23.1 Å². The lowest BCUT2D eigenvalue weighted by molar-refractivity contribution is -0.126. The Morgan fingerprint density at radius 2 is 1.93 bits per heavy atom. The topological polar surface area (TPSA) is 96.0 Å². The normalized spacial score (nSPS) is 19.8. The van der Waals surface area contributed by atoms with Gasteiger partial charge in [-0.05, 0) is 36.6 Å². The van der Waals surface area contributed by atoms with Crippen LogP contribution in [0.3, 0.4) is 0 Å². The van der Waals surface area contributed by atoms with Crippen LogP contribution < -0.4 is 10.2 Å². The third kappa shape index (κ3) is 4.46. The quantitative estimate of drug-likeness (QED) is 0.667. The van der Waals surface area contributed by atoms with Crippen molar-refractivity contribution in [3.05, 3.63) is 23.8 Å². The lowest BCUT2D eigenvalue weighted by Crippen LogP contribution is -2.48. The summed E-state index contributed by atoms with van der Waals surface area (Å²) in [5.74, 6) is -0.428. The number of carbonyl (C=O) groups excluding carboxylic acids is 2. The van der Waals surface area contributed by atoms with Crippen molar-refractivity contribution in [3.63, 3.8) is 0 Å². The van der Waals surface area contributed by atoms with E-state index in [1.807, 2.05) is 0 Å². The molecule has 0 radical (unpaired) electrons. The number of piperidine rings is 1. The lowest BCUT2D eigenvalue weighted by atomic mass is 10.1. The van der Waals surface area contributed by atoms with E-state index in [0.717, 1.165) is 19.3 Å². The van der Waals surface area contributed by atoms with Crippen LogP contribution in [0.1, 0.15) is 38.2 Å². The minimum atomic E-state index is -3.57. The first kappa shape index (κ1) is 21.7. The summed E-state index contributed by atoms with van der Waals surface area (Å²) in [5.41, 5.74) is 1.32. The highest BCUT2D eigenvalue weighted by atomic mass is 32.2. The molecule has 8 nitrogen and oxygen atoms in total. The van der Waals surface area contributed by atoms with Gasteiger partial charge in [-0.25, -0.2) is 8.42 Å². The van der Waals surface area contributed by atoms with E-state index in [4.69, 9.17) is 4.74 Å². The first-order valence-corrected chi connectivity index (χ1v) is 11.6. The van der Waals surface area contributed by atoms with Crippen LogP contribution >= 0.6 is 0 Å². The Labute approximate surface area is 172 Å². The average molecular weight is 424 g/mol. The molecular weight excluding hydrogens is 394 g/mol. The monoisotopic (exact) mass is 423 g/mol. The number of hydrogen-bond donors (Lipinski definition) is 1. The fraction of sp³-hybridized carbons (Fsp3) is 0.600. The van der Waals surface area contributed by atoms with Crippen LogP contribution in [0, 0.1) is 0 Å². The van der Waals surface area contributed by atoms with Crippen molar-refractivity contribution in [2.24, 2.45) is 0 Å². The average Bonchev–Trinajstić information content (AvgIpc) is 3.13. The molecule has 1 atom stereocenters. The van der Waals surface area contributed by atoms with Gasteiger partial charge in [0.05, 0.1) is 11.5 Å². The van der Waals surface area contributed by atoms with Gasteiger partial charge in [0.25, 0.3) is 0 Å². The second-order valence-electron chi connectivity index (χ2n) is 7.38. The number of benzene rings is 1. The zero-order chi connectivity index (χ0) is 21.0. The van der Waals surface area contributed by atoms with Gasteiger partial charge in [-0.15, -0.1) is 0 Å². The summed E-state index contributed by atoms with van der Waals surface area (Å²) in [6, 6.07) is 4.14. The second kappa shape index (κ2) is 9.23. The Morgan fingerprint density at radius 3 is 2.59 bits per heavy atom. The molecule has 1 aromatic carbocycles. The molecule has 1 fully saturated rings. The van der Waals surface area contributed by atoms with Gasteiger partial charge in [0.2, 0.25) is 21.8 Å². The van der Waals surface area contributed by atoms with E-state index in [9.17, 15) is 18.0 Å². The fourth-order valence-electron chi connectivity index (χ4n) is 3.93. The Hall–Kier alpha value is -1.97. The SMILES string of the molecule is CCC(=O)N1c2ccc(S(=O)(=O)N3CCCCC3)cc2C[C@H]1C(=O)NCCOC. The van der Waals surface area contributed by atoms with Gasteiger partial charge in [-0.1, -0.05) is 13.3 Å². The summed E-state index contributed by atoms with van der Waals surface area (Å²) in [5, 5.41) is 2.78. The third-order valence-corrected chi connectivity index (χ3v) is 7.36. The molecule has 9 heteroatoms. The molecule has 2 aliphatic rings. The molecule has 2 amide bonds. The van der Waals surface area contributed by atoms with E-state index in [0.29, 0.717) is 43.9 Å². The highest BCUT2D eigenvalue weighted by Gasteiger charge is 2.38. The minimum Gasteiger partial charge on any atom is -0.383 e. The maximum atomic E-state index is 13.0. The number of methoxy groups -OCH3 is 1. The Balaban J connectivity index is 1.88. The van der Waals surface area contributed by atoms with Crippen LogP contribution in [0.25, 0.3) is 0 Å². The summed E-state index contributed by atoms with van der Waals surface area (Å²) in [6.07, 6.45) is 3.34. The molecule has 1 N–H and O–H groups in total. The van der Waals surface area contributed by atoms with Crippen molar-refractivity contribution in [2.45, 2.75) is 50.0 Å². The van der Waals surface area contributed by atoms with E-state index >= 15 is 0 Å². The van der Waals surface area contributed by atoms with Crippen molar-refractivity contribution in [1.29, 1.82) is 0 Å². The highest BCUT2D eigenvalue weighted by Crippen LogP contribution is 2.35. The van der Waals surface area contributed by atoms with Gasteiger partial charge in [0.15, 0.2) is 0 Å². The predicted octanol–water partition coefficient (Wildman–Crippen LogP) is 1.29. The molecule has 29 heavy (non-hydrogen) atoms. The molecule has 0 aromatic heterocycles. The second-order valence-corrected chi connectivity index (χ2v) is 9.31. The van der Waals surface area contributed by atoms with Crippen LogP contribution in [0.4, 0.5) is 5.69 Å². The van der Waals surface area contributed by atoms with Gasteiger partial charge < -0.3 is 10.1 Å². The molecule has 160 valence electrons. The largest absolute Gasteiger partial charge is 0.383 e. The molecule has 3 rings (SSSR count). The van der Waals surface area contributed by atoms with Crippen LogP contribution in [-0.4, -0.2) is 63.9 Å². The molecule has 0 saturated carbocycles. The number of hydrogen-bond acceptors (Lipinski definition) is 5. The van der Waals surface area contributed by atoms with E-state index < -0.39 is 16.1 Å². The number of carbonyl (C=O) groups is 2. The van der Waals surface area contributed by atoms with Crippen molar-refractivity contribution >= 4 is 27.5 Å². The van der Waals surface area contributed by atoms with E-state index in [2.05, 4.69) is 5.32 Å². The standard InChI is InChI=1S/C20H29N3O5S/c1-3-19(24)23-17-8-7-16(29(26,27)22-10-5-4-6-11-22)13-15(17)14-18(23)20(25)21-9-12-28-2/h7-8,13,18H,3-6,9-12,14H2,1-2H3,(H,21,25)/t18-/m0/s1. The predicted molar refractivity (Wildman–Crippen MR) is 109 cm³/mol. The zero-order valence-electron chi connectivity index (χ0n) is 17.0. The number of amides is 2. The Kier molecular flexibility index (Phi) is 6.92.